The van der Waals surface area contributed by atoms with E-state index in [9.17, 15) is 14.7 Å². The molecular weight excluding hydrogens is 510 g/mol. The van der Waals surface area contributed by atoms with Crippen molar-refractivity contribution in [3.8, 4) is 16.9 Å². The number of rotatable bonds is 11. The van der Waals surface area contributed by atoms with E-state index in [-0.39, 0.29) is 18.3 Å². The van der Waals surface area contributed by atoms with Crippen LogP contribution >= 0.6 is 0 Å². The van der Waals surface area contributed by atoms with Gasteiger partial charge in [-0.1, -0.05) is 48.5 Å². The molecule has 2 heterocycles. The lowest BCUT2D eigenvalue weighted by molar-refractivity contribution is -0.138. The van der Waals surface area contributed by atoms with E-state index in [0.717, 1.165) is 36.2 Å². The summed E-state index contributed by atoms with van der Waals surface area (Å²) < 4.78 is 11.5. The molecule has 206 valence electrons. The zero-order valence-electron chi connectivity index (χ0n) is 21.9. The molecule has 4 N–H and O–H groups in total. The lowest BCUT2D eigenvalue weighted by Gasteiger charge is -2.15. The molecule has 10 nitrogen and oxygen atoms in total. The molecule has 0 saturated carbocycles. The lowest BCUT2D eigenvalue weighted by atomic mass is 10.1. The first-order valence-corrected chi connectivity index (χ1v) is 13.3. The SMILES string of the molecule is O=C(CCCOc1ccc(CC(Nc2nc3cc(-c4ccccc4)ccc3o2)C(=O)O)cc1)NC1=NCCCN1. The summed E-state index contributed by atoms with van der Waals surface area (Å²) in [5.41, 5.74) is 4.09. The zero-order valence-corrected chi connectivity index (χ0v) is 21.9. The van der Waals surface area contributed by atoms with Crippen LogP contribution in [-0.2, 0) is 16.0 Å². The van der Waals surface area contributed by atoms with Gasteiger partial charge in [-0.25, -0.2) is 4.79 Å². The van der Waals surface area contributed by atoms with Gasteiger partial charge in [0.05, 0.1) is 6.61 Å². The molecule has 0 saturated heterocycles. The van der Waals surface area contributed by atoms with Crippen molar-refractivity contribution < 1.29 is 23.8 Å². The second-order valence-electron chi connectivity index (χ2n) is 9.46. The number of nitrogens with zero attached hydrogens (tertiary/aromatic N) is 2. The third-order valence-electron chi connectivity index (χ3n) is 6.43. The number of carbonyl (C=O) groups is 2. The Morgan fingerprint density at radius 2 is 1.88 bits per heavy atom. The van der Waals surface area contributed by atoms with Crippen LogP contribution in [0.5, 0.6) is 5.75 Å². The van der Waals surface area contributed by atoms with E-state index in [1.165, 1.54) is 0 Å². The van der Waals surface area contributed by atoms with E-state index in [4.69, 9.17) is 9.15 Å². The van der Waals surface area contributed by atoms with Crippen molar-refractivity contribution in [2.24, 2.45) is 4.99 Å². The van der Waals surface area contributed by atoms with E-state index < -0.39 is 12.0 Å². The number of ether oxygens (including phenoxy) is 1. The largest absolute Gasteiger partial charge is 0.494 e. The predicted molar refractivity (Wildman–Crippen MR) is 152 cm³/mol. The van der Waals surface area contributed by atoms with Gasteiger partial charge in [0.25, 0.3) is 6.01 Å². The highest BCUT2D eigenvalue weighted by atomic mass is 16.5. The zero-order chi connectivity index (χ0) is 27.7. The van der Waals surface area contributed by atoms with Crippen molar-refractivity contribution in [2.45, 2.75) is 31.7 Å². The molecule has 1 aromatic heterocycles. The fourth-order valence-electron chi connectivity index (χ4n) is 4.34. The van der Waals surface area contributed by atoms with Gasteiger partial charge in [-0.3, -0.25) is 15.1 Å². The van der Waals surface area contributed by atoms with Gasteiger partial charge in [0, 0.05) is 25.9 Å². The number of benzene rings is 3. The third kappa shape index (κ3) is 7.16. The van der Waals surface area contributed by atoms with Crippen LogP contribution in [0.15, 0.2) is 82.2 Å². The highest BCUT2D eigenvalue weighted by Crippen LogP contribution is 2.26. The van der Waals surface area contributed by atoms with Crippen molar-refractivity contribution >= 4 is 35.0 Å². The van der Waals surface area contributed by atoms with Gasteiger partial charge >= 0.3 is 5.97 Å². The Hall–Kier alpha value is -4.86. The molecule has 0 radical (unpaired) electrons. The Bertz CT molecular complexity index is 1480. The number of anilines is 1. The highest BCUT2D eigenvalue weighted by Gasteiger charge is 2.21. The van der Waals surface area contributed by atoms with E-state index >= 15 is 0 Å². The minimum atomic E-state index is -1.01. The second-order valence-corrected chi connectivity index (χ2v) is 9.46. The van der Waals surface area contributed by atoms with Crippen LogP contribution < -0.4 is 20.7 Å². The summed E-state index contributed by atoms with van der Waals surface area (Å²) in [7, 11) is 0. The molecule has 0 aliphatic carbocycles. The van der Waals surface area contributed by atoms with Gasteiger partial charge in [-0.15, -0.1) is 0 Å². The summed E-state index contributed by atoms with van der Waals surface area (Å²) in [4.78, 5) is 32.7. The van der Waals surface area contributed by atoms with Gasteiger partial charge < -0.3 is 24.9 Å². The summed E-state index contributed by atoms with van der Waals surface area (Å²) >= 11 is 0. The number of aromatic nitrogens is 1. The number of amides is 1. The Morgan fingerprint density at radius 3 is 2.62 bits per heavy atom. The maximum atomic E-state index is 12.0. The summed E-state index contributed by atoms with van der Waals surface area (Å²) in [5.74, 6) is 0.0702. The minimum absolute atomic E-state index is 0.102. The first-order chi connectivity index (χ1) is 19.5. The summed E-state index contributed by atoms with van der Waals surface area (Å²) in [5, 5.41) is 18.5. The van der Waals surface area contributed by atoms with E-state index in [1.807, 2.05) is 60.7 Å². The topological polar surface area (TPSA) is 138 Å². The minimum Gasteiger partial charge on any atom is -0.494 e. The van der Waals surface area contributed by atoms with Gasteiger partial charge in [0.1, 0.15) is 17.3 Å². The van der Waals surface area contributed by atoms with Crippen molar-refractivity contribution in [1.29, 1.82) is 0 Å². The Morgan fingerprint density at radius 1 is 1.05 bits per heavy atom. The molecule has 0 fully saturated rings. The summed E-state index contributed by atoms with van der Waals surface area (Å²) in [6, 6.07) is 22.1. The Kier molecular flexibility index (Phi) is 8.55. The van der Waals surface area contributed by atoms with Crippen LogP contribution in [0, 0.1) is 0 Å². The number of carbonyl (C=O) groups excluding carboxylic acids is 1. The number of carboxylic acids is 1. The monoisotopic (exact) mass is 541 g/mol. The normalized spacial score (nSPS) is 13.7. The molecule has 5 rings (SSSR count). The molecule has 1 aliphatic heterocycles. The van der Waals surface area contributed by atoms with E-state index in [1.54, 1.807) is 12.1 Å². The molecule has 10 heteroatoms. The molecular formula is C30H31N5O5. The smallest absolute Gasteiger partial charge is 0.326 e. The van der Waals surface area contributed by atoms with Gasteiger partial charge in [-0.2, -0.15) is 4.98 Å². The number of guanidine groups is 1. The highest BCUT2D eigenvalue weighted by molar-refractivity contribution is 5.97. The van der Waals surface area contributed by atoms with Crippen LogP contribution in [0.4, 0.5) is 6.01 Å². The Labute approximate surface area is 231 Å². The maximum Gasteiger partial charge on any atom is 0.326 e. The number of oxazole rings is 1. The lowest BCUT2D eigenvalue weighted by Crippen LogP contribution is -2.43. The predicted octanol–water partition coefficient (Wildman–Crippen LogP) is 4.23. The molecule has 40 heavy (non-hydrogen) atoms. The standard InChI is InChI=1S/C30H31N5O5/c36-27(35-29-31-15-5-16-32-29)8-4-17-39-23-12-9-20(10-13-23)18-25(28(37)38)34-30-33-24-19-22(11-14-26(24)40-30)21-6-2-1-3-7-21/h1-3,6-7,9-14,19,25H,4-5,8,15-18H2,(H,33,34)(H,37,38)(H2,31,32,35,36). The average Bonchev–Trinajstić information content (AvgIpc) is 3.38. The fourth-order valence-corrected chi connectivity index (χ4v) is 4.34. The van der Waals surface area contributed by atoms with Gasteiger partial charge in [-0.05, 0) is 53.8 Å². The number of nitrogens with one attached hydrogen (secondary N) is 3. The number of hydrogen-bond acceptors (Lipinski definition) is 8. The van der Waals surface area contributed by atoms with Gasteiger partial charge in [0.2, 0.25) is 5.91 Å². The molecule has 0 spiro atoms. The average molecular weight is 542 g/mol. The molecule has 4 aromatic rings. The van der Waals surface area contributed by atoms with Crippen molar-refractivity contribution in [2.75, 3.05) is 25.0 Å². The van der Waals surface area contributed by atoms with Crippen LogP contribution in [0.2, 0.25) is 0 Å². The first-order valence-electron chi connectivity index (χ1n) is 13.3. The third-order valence-corrected chi connectivity index (χ3v) is 6.43. The van der Waals surface area contributed by atoms with Crippen molar-refractivity contribution in [3.63, 3.8) is 0 Å². The van der Waals surface area contributed by atoms with Gasteiger partial charge in [0.15, 0.2) is 11.5 Å². The van der Waals surface area contributed by atoms with E-state index in [2.05, 4.69) is 25.9 Å². The quantitative estimate of drug-likeness (QED) is 0.207. The summed E-state index contributed by atoms with van der Waals surface area (Å²) in [6.45, 7) is 1.92. The molecule has 1 atom stereocenters. The van der Waals surface area contributed by atoms with Crippen molar-refractivity contribution in [1.82, 2.24) is 15.6 Å². The molecule has 0 bridgehead atoms. The van der Waals surface area contributed by atoms with Crippen LogP contribution in [0.1, 0.15) is 24.8 Å². The first kappa shape index (κ1) is 26.7. The Balaban J connectivity index is 1.12. The van der Waals surface area contributed by atoms with E-state index in [0.29, 0.717) is 42.3 Å². The molecule has 1 unspecified atom stereocenters. The number of aliphatic carboxylic acids is 1. The molecule has 3 aromatic carbocycles. The van der Waals surface area contributed by atoms with Crippen LogP contribution in [0.25, 0.3) is 22.2 Å². The maximum absolute atomic E-state index is 12.0. The number of fused-ring (bicyclic) bond motifs is 1. The number of carboxylic acid groups (broad SMARTS) is 1. The van der Waals surface area contributed by atoms with Crippen molar-refractivity contribution in [3.05, 3.63) is 78.4 Å². The molecule has 1 amide bonds. The fraction of sp³-hybridized carbons (Fsp3) is 0.267. The number of aliphatic imine (C=N–C) groups is 1. The number of hydrogen-bond donors (Lipinski definition) is 4. The van der Waals surface area contributed by atoms with Crippen LogP contribution in [-0.4, -0.2) is 53.7 Å². The van der Waals surface area contributed by atoms with Crippen LogP contribution in [0.3, 0.4) is 0 Å². The summed E-state index contributed by atoms with van der Waals surface area (Å²) in [6.07, 6.45) is 2.08. The second kappa shape index (κ2) is 12.8. The molecule has 1 aliphatic rings.